The number of alkyl halides is 2. The molecule has 0 aromatic rings. The monoisotopic (exact) mass is 460 g/mol. The number of fused-ring (bicyclic) bond motifs is 5. The Morgan fingerprint density at radius 3 is 2.29 bits per heavy atom. The van der Waals surface area contributed by atoms with Crippen LogP contribution in [0.3, 0.4) is 0 Å². The number of hydrogen-bond acceptors (Lipinski definition) is 1. The summed E-state index contributed by atoms with van der Waals surface area (Å²) in [6.45, 7) is 0. The van der Waals surface area contributed by atoms with E-state index in [1.807, 2.05) is 0 Å². The maximum Gasteiger partial charge on any atom is 0.306 e. The third-order valence-electron chi connectivity index (χ3n) is 5.54. The van der Waals surface area contributed by atoms with E-state index < -0.39 is 5.97 Å². The lowest BCUT2D eigenvalue weighted by Crippen LogP contribution is -2.34. The number of rotatable bonds is 3. The highest BCUT2D eigenvalue weighted by Gasteiger charge is 2.61. The first kappa shape index (κ1) is 12.9. The summed E-state index contributed by atoms with van der Waals surface area (Å²) in [6, 6.07) is 0. The maximum atomic E-state index is 11.3. The van der Waals surface area contributed by atoms with Crippen LogP contribution in [0.25, 0.3) is 0 Å². The van der Waals surface area contributed by atoms with Crippen molar-refractivity contribution in [1.29, 1.82) is 0 Å². The minimum Gasteiger partial charge on any atom is -0.481 e. The van der Waals surface area contributed by atoms with Crippen LogP contribution < -0.4 is 0 Å². The molecule has 0 aromatic heterocycles. The Bertz CT molecular complexity index is 333. The molecule has 0 aromatic carbocycles. The molecule has 7 atom stereocenters. The molecule has 3 saturated carbocycles. The van der Waals surface area contributed by atoms with Crippen LogP contribution in [-0.2, 0) is 4.79 Å². The Kier molecular flexibility index (Phi) is 3.65. The molecule has 3 fully saturated rings. The Morgan fingerprint density at radius 1 is 1.06 bits per heavy atom. The summed E-state index contributed by atoms with van der Waals surface area (Å²) in [7, 11) is 0. The second-order valence-electron chi connectivity index (χ2n) is 6.06. The van der Waals surface area contributed by atoms with Crippen LogP contribution in [0.15, 0.2) is 0 Å². The van der Waals surface area contributed by atoms with Gasteiger partial charge in [0, 0.05) is 8.86 Å². The number of hydrogen-bond donors (Lipinski definition) is 1. The van der Waals surface area contributed by atoms with Crippen molar-refractivity contribution < 1.29 is 9.90 Å². The number of carbonyl (C=O) groups is 1. The van der Waals surface area contributed by atoms with Crippen molar-refractivity contribution >= 4 is 51.2 Å². The van der Waals surface area contributed by atoms with E-state index in [4.69, 9.17) is 0 Å². The molecule has 0 aliphatic heterocycles. The molecule has 4 heteroatoms. The predicted molar refractivity (Wildman–Crippen MR) is 83.7 cm³/mol. The Hall–Kier alpha value is 0.930. The van der Waals surface area contributed by atoms with Crippen LogP contribution in [0.4, 0.5) is 0 Å². The molecule has 3 aliphatic carbocycles. The Labute approximate surface area is 130 Å². The number of carboxylic acids is 1. The van der Waals surface area contributed by atoms with Crippen molar-refractivity contribution in [3.05, 3.63) is 0 Å². The third kappa shape index (κ3) is 1.87. The van der Waals surface area contributed by atoms with Gasteiger partial charge < -0.3 is 5.11 Å². The van der Waals surface area contributed by atoms with Crippen molar-refractivity contribution in [1.82, 2.24) is 0 Å². The molecule has 17 heavy (non-hydrogen) atoms. The maximum absolute atomic E-state index is 11.3. The van der Waals surface area contributed by atoms with Gasteiger partial charge in [0.05, 0.1) is 5.92 Å². The molecular formula is C13H18I2O2. The van der Waals surface area contributed by atoms with E-state index in [0.29, 0.717) is 5.92 Å². The highest BCUT2D eigenvalue weighted by Crippen LogP contribution is 2.64. The number of aliphatic carboxylic acids is 1. The number of halogens is 2. The third-order valence-corrected chi connectivity index (χ3v) is 7.80. The van der Waals surface area contributed by atoms with Crippen LogP contribution in [-0.4, -0.2) is 19.9 Å². The minimum absolute atomic E-state index is 0.0142. The topological polar surface area (TPSA) is 37.3 Å². The van der Waals surface area contributed by atoms with Crippen molar-refractivity contribution in [3.63, 3.8) is 0 Å². The zero-order valence-electron chi connectivity index (χ0n) is 9.69. The zero-order chi connectivity index (χ0) is 12.2. The van der Waals surface area contributed by atoms with Crippen molar-refractivity contribution in [2.45, 2.75) is 19.3 Å². The number of carboxylic acid groups (broad SMARTS) is 1. The Balaban J connectivity index is 1.86. The van der Waals surface area contributed by atoms with Crippen molar-refractivity contribution in [2.75, 3.05) is 8.86 Å². The van der Waals surface area contributed by atoms with Crippen molar-refractivity contribution in [3.8, 4) is 0 Å². The summed E-state index contributed by atoms with van der Waals surface area (Å²) in [5, 5.41) is 9.33. The van der Waals surface area contributed by atoms with E-state index in [2.05, 4.69) is 45.2 Å². The lowest BCUT2D eigenvalue weighted by atomic mass is 9.72. The standard InChI is InChI=1S/C13H18I2O2/c14-4-7-1-8(5-15)12-9-2-6(11(7)12)3-10(9)13(16)17/h6-12H,1-5H2,(H,16,17). The summed E-state index contributed by atoms with van der Waals surface area (Å²) in [4.78, 5) is 11.3. The van der Waals surface area contributed by atoms with Gasteiger partial charge >= 0.3 is 5.97 Å². The van der Waals surface area contributed by atoms with Gasteiger partial charge in [-0.3, -0.25) is 4.79 Å². The molecular weight excluding hydrogens is 442 g/mol. The average molecular weight is 460 g/mol. The van der Waals surface area contributed by atoms with Gasteiger partial charge in [-0.2, -0.15) is 0 Å². The molecule has 0 radical (unpaired) electrons. The summed E-state index contributed by atoms with van der Waals surface area (Å²) in [6.07, 6.45) is 3.55. The van der Waals surface area contributed by atoms with E-state index in [1.54, 1.807) is 0 Å². The first-order valence-electron chi connectivity index (χ1n) is 6.52. The first-order valence-corrected chi connectivity index (χ1v) is 9.57. The fourth-order valence-corrected chi connectivity index (χ4v) is 7.03. The van der Waals surface area contributed by atoms with E-state index in [0.717, 1.165) is 36.0 Å². The fourth-order valence-electron chi connectivity index (χ4n) is 5.13. The van der Waals surface area contributed by atoms with Crippen LogP contribution in [0.5, 0.6) is 0 Å². The largest absolute Gasteiger partial charge is 0.481 e. The van der Waals surface area contributed by atoms with E-state index >= 15 is 0 Å². The van der Waals surface area contributed by atoms with Gasteiger partial charge in [0.15, 0.2) is 0 Å². The highest BCUT2D eigenvalue weighted by molar-refractivity contribution is 14.1. The Morgan fingerprint density at radius 2 is 1.71 bits per heavy atom. The SMILES string of the molecule is O=C(O)C1CC2CC1C1C(CI)CC(CI)C21. The first-order chi connectivity index (χ1) is 8.17. The van der Waals surface area contributed by atoms with Gasteiger partial charge in [0.25, 0.3) is 0 Å². The smallest absolute Gasteiger partial charge is 0.306 e. The molecule has 2 bridgehead atoms. The molecule has 0 amide bonds. The second kappa shape index (κ2) is 4.80. The molecule has 1 N–H and O–H groups in total. The van der Waals surface area contributed by atoms with Gasteiger partial charge in [-0.1, -0.05) is 45.2 Å². The van der Waals surface area contributed by atoms with Crippen LogP contribution in [0.1, 0.15) is 19.3 Å². The summed E-state index contributed by atoms with van der Waals surface area (Å²) >= 11 is 5.04. The molecule has 3 rings (SSSR count). The fraction of sp³-hybridized carbons (Fsp3) is 0.923. The summed E-state index contributed by atoms with van der Waals surface area (Å²) < 4.78 is 2.49. The summed E-state index contributed by atoms with van der Waals surface area (Å²) in [5.74, 6) is 4.00. The second-order valence-corrected chi connectivity index (χ2v) is 7.82. The highest BCUT2D eigenvalue weighted by atomic mass is 127. The molecule has 3 aliphatic rings. The molecule has 0 spiro atoms. The zero-order valence-corrected chi connectivity index (χ0v) is 14.0. The predicted octanol–water partition coefficient (Wildman–Crippen LogP) is 3.47. The van der Waals surface area contributed by atoms with Gasteiger partial charge in [-0.25, -0.2) is 0 Å². The lowest BCUT2D eigenvalue weighted by Gasteiger charge is -2.33. The van der Waals surface area contributed by atoms with E-state index in [1.165, 1.54) is 21.7 Å². The van der Waals surface area contributed by atoms with Crippen LogP contribution in [0, 0.1) is 41.4 Å². The minimum atomic E-state index is -0.527. The van der Waals surface area contributed by atoms with Crippen molar-refractivity contribution in [2.24, 2.45) is 41.4 Å². The quantitative estimate of drug-likeness (QED) is 0.518. The average Bonchev–Trinajstić information content (AvgIpc) is 2.98. The van der Waals surface area contributed by atoms with E-state index in [-0.39, 0.29) is 5.92 Å². The molecule has 96 valence electrons. The lowest BCUT2D eigenvalue weighted by molar-refractivity contribution is -0.144. The molecule has 2 nitrogen and oxygen atoms in total. The summed E-state index contributed by atoms with van der Waals surface area (Å²) in [5.41, 5.74) is 0. The van der Waals surface area contributed by atoms with Gasteiger partial charge in [-0.05, 0) is 54.8 Å². The van der Waals surface area contributed by atoms with Crippen LogP contribution in [0.2, 0.25) is 0 Å². The van der Waals surface area contributed by atoms with Gasteiger partial charge in [-0.15, -0.1) is 0 Å². The molecule has 0 saturated heterocycles. The van der Waals surface area contributed by atoms with Gasteiger partial charge in [0.2, 0.25) is 0 Å². The van der Waals surface area contributed by atoms with E-state index in [9.17, 15) is 9.90 Å². The molecule has 0 heterocycles. The van der Waals surface area contributed by atoms with Gasteiger partial charge in [0.1, 0.15) is 0 Å². The molecule has 7 unspecified atom stereocenters. The van der Waals surface area contributed by atoms with Crippen LogP contribution >= 0.6 is 45.2 Å². The normalized spacial score (nSPS) is 51.8.